The summed E-state index contributed by atoms with van der Waals surface area (Å²) in [5, 5.41) is 2.92. The molecule has 132 valence electrons. The van der Waals surface area contributed by atoms with Crippen LogP contribution in [0.2, 0.25) is 0 Å². The predicted molar refractivity (Wildman–Crippen MR) is 102 cm³/mol. The van der Waals surface area contributed by atoms with Crippen LogP contribution >= 0.6 is 12.4 Å². The molecule has 0 bridgehead atoms. The smallest absolute Gasteiger partial charge is 0.253 e. The molecule has 24 heavy (non-hydrogen) atoms. The minimum Gasteiger partial charge on any atom is -0.350 e. The summed E-state index contributed by atoms with van der Waals surface area (Å²) in [6.07, 6.45) is 0. The first-order valence-electron chi connectivity index (χ1n) is 8.01. The lowest BCUT2D eigenvalue weighted by atomic mass is 10.1. The van der Waals surface area contributed by atoms with Crippen molar-refractivity contribution in [2.45, 2.75) is 46.2 Å². The van der Waals surface area contributed by atoms with Gasteiger partial charge in [0.15, 0.2) is 0 Å². The van der Waals surface area contributed by atoms with Gasteiger partial charge in [-0.15, -0.1) is 12.4 Å². The van der Waals surface area contributed by atoms with Crippen LogP contribution in [-0.4, -0.2) is 22.6 Å². The lowest BCUT2D eigenvalue weighted by Crippen LogP contribution is -2.45. The van der Waals surface area contributed by atoms with E-state index in [-0.39, 0.29) is 24.4 Å². The monoisotopic (exact) mass is 349 g/mol. The van der Waals surface area contributed by atoms with Crippen molar-refractivity contribution in [2.75, 3.05) is 6.54 Å². The molecule has 0 saturated carbocycles. The molecular weight excluding hydrogens is 322 g/mol. The van der Waals surface area contributed by atoms with Gasteiger partial charge in [-0.2, -0.15) is 0 Å². The molecule has 0 spiro atoms. The second-order valence-electron chi connectivity index (χ2n) is 6.91. The van der Waals surface area contributed by atoms with Gasteiger partial charge < -0.3 is 15.6 Å². The van der Waals surface area contributed by atoms with Crippen molar-refractivity contribution in [3.05, 3.63) is 58.9 Å². The average Bonchev–Trinajstić information content (AvgIpc) is 2.79. The third-order valence-corrected chi connectivity index (χ3v) is 4.10. The first kappa shape index (κ1) is 20.3. The van der Waals surface area contributed by atoms with Crippen molar-refractivity contribution in [3.63, 3.8) is 0 Å². The molecule has 0 aliphatic rings. The van der Waals surface area contributed by atoms with E-state index in [4.69, 9.17) is 5.73 Å². The number of carbonyl (C=O) groups is 1. The van der Waals surface area contributed by atoms with Gasteiger partial charge in [-0.1, -0.05) is 30.3 Å². The van der Waals surface area contributed by atoms with E-state index >= 15 is 0 Å². The molecule has 0 aliphatic carbocycles. The molecule has 1 amide bonds. The number of aromatic nitrogens is 1. The maximum atomic E-state index is 12.5. The molecule has 5 heteroatoms. The molecule has 3 N–H and O–H groups in total. The van der Waals surface area contributed by atoms with Crippen LogP contribution < -0.4 is 11.1 Å². The number of carbonyl (C=O) groups excluding carboxylic acids is 1. The zero-order valence-electron chi connectivity index (χ0n) is 15.1. The van der Waals surface area contributed by atoms with Crippen LogP contribution in [-0.2, 0) is 0 Å². The number of rotatable bonds is 5. The Kier molecular flexibility index (Phi) is 6.64. The number of benzene rings is 1. The van der Waals surface area contributed by atoms with Crippen molar-refractivity contribution >= 4 is 18.3 Å². The summed E-state index contributed by atoms with van der Waals surface area (Å²) in [5.41, 5.74) is 9.52. The van der Waals surface area contributed by atoms with E-state index in [0.717, 1.165) is 17.0 Å². The quantitative estimate of drug-likeness (QED) is 0.866. The highest BCUT2D eigenvalue weighted by atomic mass is 35.5. The largest absolute Gasteiger partial charge is 0.350 e. The molecule has 0 radical (unpaired) electrons. The number of nitrogens with two attached hydrogens (primary N) is 1. The van der Waals surface area contributed by atoms with Crippen LogP contribution in [0.25, 0.3) is 0 Å². The Bertz CT molecular complexity index is 687. The van der Waals surface area contributed by atoms with Crippen molar-refractivity contribution < 1.29 is 4.79 Å². The Morgan fingerprint density at radius 2 is 1.83 bits per heavy atom. The normalized spacial score (nSPS) is 12.4. The van der Waals surface area contributed by atoms with Crippen molar-refractivity contribution in [1.29, 1.82) is 0 Å². The van der Waals surface area contributed by atoms with Gasteiger partial charge in [-0.25, -0.2) is 0 Å². The molecule has 0 fully saturated rings. The number of amides is 1. The number of hydrogen-bond acceptors (Lipinski definition) is 2. The molecule has 1 heterocycles. The fourth-order valence-corrected chi connectivity index (χ4v) is 2.89. The van der Waals surface area contributed by atoms with E-state index in [2.05, 4.69) is 28.9 Å². The highest BCUT2D eigenvalue weighted by molar-refractivity contribution is 5.95. The van der Waals surface area contributed by atoms with Crippen molar-refractivity contribution in [1.82, 2.24) is 9.88 Å². The van der Waals surface area contributed by atoms with E-state index in [1.165, 1.54) is 5.56 Å². The van der Waals surface area contributed by atoms with E-state index in [0.29, 0.717) is 6.54 Å². The molecule has 4 nitrogen and oxygen atoms in total. The van der Waals surface area contributed by atoms with Gasteiger partial charge in [0.25, 0.3) is 5.91 Å². The maximum Gasteiger partial charge on any atom is 0.253 e. The third kappa shape index (κ3) is 4.62. The molecule has 1 aromatic heterocycles. The first-order chi connectivity index (χ1) is 10.7. The summed E-state index contributed by atoms with van der Waals surface area (Å²) < 4.78 is 2.21. The van der Waals surface area contributed by atoms with Gasteiger partial charge in [0.2, 0.25) is 0 Å². The Hall–Kier alpha value is -1.78. The predicted octanol–water partition coefficient (Wildman–Crippen LogP) is 3.60. The van der Waals surface area contributed by atoms with Crippen LogP contribution in [0.4, 0.5) is 0 Å². The van der Waals surface area contributed by atoms with Crippen LogP contribution in [0, 0.1) is 13.8 Å². The number of hydrogen-bond donors (Lipinski definition) is 2. The topological polar surface area (TPSA) is 60.1 Å². The lowest BCUT2D eigenvalue weighted by Gasteiger charge is -2.20. The minimum absolute atomic E-state index is 0. The number of aryl methyl sites for hydroxylation is 1. The summed E-state index contributed by atoms with van der Waals surface area (Å²) in [5.74, 6) is -0.0665. The van der Waals surface area contributed by atoms with Gasteiger partial charge >= 0.3 is 0 Å². The fraction of sp³-hybridized carbons (Fsp3) is 0.421. The van der Waals surface area contributed by atoms with Crippen LogP contribution in [0.15, 0.2) is 36.4 Å². The lowest BCUT2D eigenvalue weighted by molar-refractivity contribution is 0.0945. The molecule has 1 aromatic carbocycles. The fourth-order valence-electron chi connectivity index (χ4n) is 2.89. The third-order valence-electron chi connectivity index (χ3n) is 4.10. The number of nitrogens with one attached hydrogen (secondary N) is 1. The summed E-state index contributed by atoms with van der Waals surface area (Å²) in [6, 6.07) is 12.4. The second-order valence-corrected chi connectivity index (χ2v) is 6.91. The standard InChI is InChI=1S/C19H27N3O.ClH/c1-13-11-17(18(23)21-12-19(4,5)20)15(3)22(13)14(2)16-9-7-6-8-10-16;/h6-11,14H,12,20H2,1-5H3,(H,21,23);1H. The van der Waals surface area contributed by atoms with Crippen molar-refractivity contribution in [3.8, 4) is 0 Å². The van der Waals surface area contributed by atoms with E-state index in [1.54, 1.807) is 0 Å². The van der Waals surface area contributed by atoms with E-state index in [9.17, 15) is 4.79 Å². The molecular formula is C19H28ClN3O. The summed E-state index contributed by atoms with van der Waals surface area (Å²) in [4.78, 5) is 12.5. The summed E-state index contributed by atoms with van der Waals surface area (Å²) >= 11 is 0. The summed E-state index contributed by atoms with van der Waals surface area (Å²) in [7, 11) is 0. The average molecular weight is 350 g/mol. The van der Waals surface area contributed by atoms with Gasteiger partial charge in [0.1, 0.15) is 0 Å². The van der Waals surface area contributed by atoms with Crippen LogP contribution in [0.1, 0.15) is 54.1 Å². The first-order valence-corrected chi connectivity index (χ1v) is 8.01. The van der Waals surface area contributed by atoms with Gasteiger partial charge in [-0.05, 0) is 46.2 Å². The zero-order chi connectivity index (χ0) is 17.2. The second kappa shape index (κ2) is 7.86. The number of nitrogens with zero attached hydrogens (tertiary/aromatic N) is 1. The molecule has 2 aromatic rings. The zero-order valence-corrected chi connectivity index (χ0v) is 15.9. The molecule has 0 saturated heterocycles. The highest BCUT2D eigenvalue weighted by Gasteiger charge is 2.20. The SMILES string of the molecule is Cc1cc(C(=O)NCC(C)(C)N)c(C)n1C(C)c1ccccc1.Cl. The molecule has 0 aliphatic heterocycles. The molecule has 2 rings (SSSR count). The van der Waals surface area contributed by atoms with Crippen LogP contribution in [0.5, 0.6) is 0 Å². The maximum absolute atomic E-state index is 12.5. The van der Waals surface area contributed by atoms with Gasteiger partial charge in [0.05, 0.1) is 11.6 Å². The Labute approximate surface area is 150 Å². The molecule has 1 atom stereocenters. The van der Waals surface area contributed by atoms with Crippen LogP contribution in [0.3, 0.4) is 0 Å². The summed E-state index contributed by atoms with van der Waals surface area (Å²) in [6.45, 7) is 10.4. The Morgan fingerprint density at radius 3 is 2.38 bits per heavy atom. The van der Waals surface area contributed by atoms with E-state index < -0.39 is 5.54 Å². The Morgan fingerprint density at radius 1 is 1.25 bits per heavy atom. The highest BCUT2D eigenvalue weighted by Crippen LogP contribution is 2.25. The van der Waals surface area contributed by atoms with Gasteiger partial charge in [-0.3, -0.25) is 4.79 Å². The number of halogens is 1. The van der Waals surface area contributed by atoms with E-state index in [1.807, 2.05) is 52.0 Å². The Balaban J connectivity index is 0.00000288. The minimum atomic E-state index is -0.418. The van der Waals surface area contributed by atoms with Crippen molar-refractivity contribution in [2.24, 2.45) is 5.73 Å². The van der Waals surface area contributed by atoms with Gasteiger partial charge in [0, 0.05) is 23.5 Å². The molecule has 1 unspecified atom stereocenters.